The summed E-state index contributed by atoms with van der Waals surface area (Å²) in [6.45, 7) is 0. The second-order valence-electron chi connectivity index (χ2n) is 4.48. The van der Waals surface area contributed by atoms with Crippen molar-refractivity contribution in [2.24, 2.45) is 0 Å². The number of unbranched alkanes of at least 4 members (excludes halogenated alkanes) is 1. The van der Waals surface area contributed by atoms with E-state index >= 15 is 0 Å². The normalized spacial score (nSPS) is 10.2. The highest BCUT2D eigenvalue weighted by Gasteiger charge is 2.04. The fourth-order valence-corrected chi connectivity index (χ4v) is 2.03. The molecule has 0 amide bonds. The van der Waals surface area contributed by atoms with Gasteiger partial charge in [0.05, 0.1) is 0 Å². The molecule has 0 heterocycles. The monoisotopic (exact) mass is 238 g/mol. The van der Waals surface area contributed by atoms with Gasteiger partial charge >= 0.3 is 0 Å². The summed E-state index contributed by atoms with van der Waals surface area (Å²) in [5.41, 5.74) is 2.18. The van der Waals surface area contributed by atoms with Crippen LogP contribution in [0.3, 0.4) is 0 Å². The number of rotatable bonds is 6. The van der Waals surface area contributed by atoms with Crippen LogP contribution in [0.4, 0.5) is 0 Å². The Morgan fingerprint density at radius 1 is 0.778 bits per heavy atom. The van der Waals surface area contributed by atoms with Crippen LogP contribution in [0, 0.1) is 0 Å². The predicted molar refractivity (Wildman–Crippen MR) is 74.8 cm³/mol. The minimum absolute atomic E-state index is 0.253. The molecule has 0 aromatic heterocycles. The molecule has 1 heteroatoms. The van der Waals surface area contributed by atoms with Crippen LogP contribution in [0.5, 0.6) is 0 Å². The molecule has 0 aliphatic heterocycles. The highest BCUT2D eigenvalue weighted by atomic mass is 16.1. The summed E-state index contributed by atoms with van der Waals surface area (Å²) in [5, 5.41) is 0. The van der Waals surface area contributed by atoms with E-state index in [1.54, 1.807) is 0 Å². The molecular formula is C17H18O. The lowest BCUT2D eigenvalue weighted by molar-refractivity contribution is 0.0979. The largest absolute Gasteiger partial charge is 0.294 e. The van der Waals surface area contributed by atoms with E-state index in [1.165, 1.54) is 5.56 Å². The molecule has 0 saturated heterocycles. The van der Waals surface area contributed by atoms with Crippen LogP contribution in [0.1, 0.15) is 35.2 Å². The second kappa shape index (κ2) is 6.75. The van der Waals surface area contributed by atoms with Gasteiger partial charge in [-0.25, -0.2) is 0 Å². The molecule has 0 bridgehead atoms. The molecule has 0 unspecified atom stereocenters. The molecule has 1 nitrogen and oxygen atoms in total. The van der Waals surface area contributed by atoms with Crippen LogP contribution in [-0.2, 0) is 6.42 Å². The number of ketones is 1. The number of aryl methyl sites for hydroxylation is 1. The van der Waals surface area contributed by atoms with Crippen molar-refractivity contribution in [2.45, 2.75) is 25.7 Å². The average Bonchev–Trinajstić information content (AvgIpc) is 2.45. The summed E-state index contributed by atoms with van der Waals surface area (Å²) < 4.78 is 0. The Kier molecular flexibility index (Phi) is 4.71. The van der Waals surface area contributed by atoms with Crippen molar-refractivity contribution < 1.29 is 4.79 Å². The van der Waals surface area contributed by atoms with Gasteiger partial charge < -0.3 is 0 Å². The molecule has 18 heavy (non-hydrogen) atoms. The molecule has 0 N–H and O–H groups in total. The molecule has 0 aliphatic rings. The average molecular weight is 238 g/mol. The zero-order chi connectivity index (χ0) is 12.6. The standard InChI is InChI=1S/C17H18O/c18-17(16-12-5-2-6-13-16)14-8-7-11-15-9-3-1-4-10-15/h1-6,9-10,12-13H,7-8,11,14H2. The first-order chi connectivity index (χ1) is 8.86. The van der Waals surface area contributed by atoms with E-state index in [0.717, 1.165) is 24.8 Å². The van der Waals surface area contributed by atoms with Gasteiger partial charge in [0.1, 0.15) is 0 Å². The van der Waals surface area contributed by atoms with E-state index in [4.69, 9.17) is 0 Å². The van der Waals surface area contributed by atoms with Crippen molar-refractivity contribution in [3.05, 3.63) is 71.8 Å². The lowest BCUT2D eigenvalue weighted by Gasteiger charge is -2.02. The summed E-state index contributed by atoms with van der Waals surface area (Å²) in [5.74, 6) is 0.253. The molecular weight excluding hydrogens is 220 g/mol. The summed E-state index contributed by atoms with van der Waals surface area (Å²) >= 11 is 0. The molecule has 0 fully saturated rings. The highest BCUT2D eigenvalue weighted by molar-refractivity contribution is 5.95. The number of hydrogen-bond donors (Lipinski definition) is 0. The molecule has 0 saturated carbocycles. The van der Waals surface area contributed by atoms with Gasteiger partial charge in [0.25, 0.3) is 0 Å². The first kappa shape index (κ1) is 12.6. The summed E-state index contributed by atoms with van der Waals surface area (Å²) in [4.78, 5) is 11.9. The number of carbonyl (C=O) groups is 1. The summed E-state index contributed by atoms with van der Waals surface area (Å²) in [7, 11) is 0. The molecule has 0 spiro atoms. The lowest BCUT2D eigenvalue weighted by Crippen LogP contribution is -1.98. The predicted octanol–water partition coefficient (Wildman–Crippen LogP) is 4.28. The second-order valence-corrected chi connectivity index (χ2v) is 4.48. The third-order valence-electron chi connectivity index (χ3n) is 3.06. The quantitative estimate of drug-likeness (QED) is 0.542. The summed E-state index contributed by atoms with van der Waals surface area (Å²) in [6.07, 6.45) is 3.74. The van der Waals surface area contributed by atoms with Crippen molar-refractivity contribution in [1.29, 1.82) is 0 Å². The van der Waals surface area contributed by atoms with Crippen LogP contribution < -0.4 is 0 Å². The van der Waals surface area contributed by atoms with Crippen LogP contribution in [0.25, 0.3) is 0 Å². The van der Waals surface area contributed by atoms with Crippen molar-refractivity contribution in [2.75, 3.05) is 0 Å². The minimum atomic E-state index is 0.253. The lowest BCUT2D eigenvalue weighted by atomic mass is 10.0. The maximum Gasteiger partial charge on any atom is 0.162 e. The van der Waals surface area contributed by atoms with Crippen molar-refractivity contribution >= 4 is 5.78 Å². The maximum absolute atomic E-state index is 11.9. The Morgan fingerprint density at radius 3 is 2.06 bits per heavy atom. The number of benzene rings is 2. The van der Waals surface area contributed by atoms with Crippen LogP contribution in [0.15, 0.2) is 60.7 Å². The van der Waals surface area contributed by atoms with E-state index < -0.39 is 0 Å². The van der Waals surface area contributed by atoms with E-state index in [-0.39, 0.29) is 5.78 Å². The third-order valence-corrected chi connectivity index (χ3v) is 3.06. The maximum atomic E-state index is 11.9. The van der Waals surface area contributed by atoms with Gasteiger partial charge in [-0.2, -0.15) is 0 Å². The Balaban J connectivity index is 1.72. The van der Waals surface area contributed by atoms with Gasteiger partial charge in [-0.05, 0) is 24.8 Å². The molecule has 2 rings (SSSR count). The van der Waals surface area contributed by atoms with Gasteiger partial charge in [-0.3, -0.25) is 4.79 Å². The Hall–Kier alpha value is -1.89. The van der Waals surface area contributed by atoms with Gasteiger partial charge in [-0.1, -0.05) is 60.7 Å². The molecule has 2 aromatic carbocycles. The Bertz CT molecular complexity index is 473. The van der Waals surface area contributed by atoms with Gasteiger partial charge in [0, 0.05) is 12.0 Å². The highest BCUT2D eigenvalue weighted by Crippen LogP contribution is 2.09. The van der Waals surface area contributed by atoms with E-state index in [9.17, 15) is 4.79 Å². The molecule has 92 valence electrons. The zero-order valence-corrected chi connectivity index (χ0v) is 10.5. The molecule has 0 aliphatic carbocycles. The van der Waals surface area contributed by atoms with Gasteiger partial charge in [0.2, 0.25) is 0 Å². The molecule has 0 atom stereocenters. The van der Waals surface area contributed by atoms with E-state index in [0.29, 0.717) is 6.42 Å². The zero-order valence-electron chi connectivity index (χ0n) is 10.5. The summed E-state index contributed by atoms with van der Waals surface area (Å²) in [6, 6.07) is 20.0. The molecule has 2 aromatic rings. The molecule has 0 radical (unpaired) electrons. The number of hydrogen-bond acceptors (Lipinski definition) is 1. The van der Waals surface area contributed by atoms with E-state index in [1.807, 2.05) is 36.4 Å². The minimum Gasteiger partial charge on any atom is -0.294 e. The fourth-order valence-electron chi connectivity index (χ4n) is 2.03. The van der Waals surface area contributed by atoms with Crippen molar-refractivity contribution in [1.82, 2.24) is 0 Å². The van der Waals surface area contributed by atoms with Crippen molar-refractivity contribution in [3.8, 4) is 0 Å². The third kappa shape index (κ3) is 3.85. The topological polar surface area (TPSA) is 17.1 Å². The first-order valence-corrected chi connectivity index (χ1v) is 6.48. The fraction of sp³-hybridized carbons (Fsp3) is 0.235. The van der Waals surface area contributed by atoms with Crippen molar-refractivity contribution in [3.63, 3.8) is 0 Å². The van der Waals surface area contributed by atoms with Crippen LogP contribution in [0.2, 0.25) is 0 Å². The van der Waals surface area contributed by atoms with Crippen LogP contribution >= 0.6 is 0 Å². The van der Waals surface area contributed by atoms with Crippen LogP contribution in [-0.4, -0.2) is 5.78 Å². The Morgan fingerprint density at radius 2 is 1.39 bits per heavy atom. The SMILES string of the molecule is O=C(CCCCc1ccccc1)c1ccccc1. The first-order valence-electron chi connectivity index (χ1n) is 6.48. The number of Topliss-reactive ketones (excluding diaryl/α,β-unsaturated/α-hetero) is 1. The van der Waals surface area contributed by atoms with E-state index in [2.05, 4.69) is 24.3 Å². The Labute approximate surface area is 108 Å². The van der Waals surface area contributed by atoms with Gasteiger partial charge in [0.15, 0.2) is 5.78 Å². The smallest absolute Gasteiger partial charge is 0.162 e. The van der Waals surface area contributed by atoms with Gasteiger partial charge in [-0.15, -0.1) is 0 Å². The number of carbonyl (C=O) groups excluding carboxylic acids is 1.